The van der Waals surface area contributed by atoms with Crippen LogP contribution >= 0.6 is 11.8 Å². The van der Waals surface area contributed by atoms with Crippen molar-refractivity contribution in [2.75, 3.05) is 23.8 Å². The molecule has 0 heterocycles. The van der Waals surface area contributed by atoms with E-state index in [2.05, 4.69) is 4.72 Å². The van der Waals surface area contributed by atoms with Gasteiger partial charge in [0.05, 0.1) is 11.9 Å². The Kier molecular flexibility index (Phi) is 7.36. The standard InChI is InChI=1S/C13H22N2O3S2/c1-2-5-11(16)10-15-20(17,18)9-8-19-13-7-4-3-6-12(13)14/h3-4,6-7,11,15-16H,2,5,8-10,14H2,1H3. The topological polar surface area (TPSA) is 92.4 Å². The van der Waals surface area contributed by atoms with Crippen molar-refractivity contribution in [3.05, 3.63) is 24.3 Å². The molecule has 0 amide bonds. The maximum absolute atomic E-state index is 11.7. The molecule has 0 spiro atoms. The normalized spacial score (nSPS) is 13.3. The van der Waals surface area contributed by atoms with Crippen LogP contribution in [0.15, 0.2) is 29.2 Å². The summed E-state index contributed by atoms with van der Waals surface area (Å²) in [7, 11) is -3.35. The summed E-state index contributed by atoms with van der Waals surface area (Å²) in [6, 6.07) is 7.36. The van der Waals surface area contributed by atoms with E-state index in [-0.39, 0.29) is 12.3 Å². The molecule has 0 aliphatic carbocycles. The van der Waals surface area contributed by atoms with Crippen LogP contribution in [0, 0.1) is 0 Å². The van der Waals surface area contributed by atoms with Crippen LogP contribution in [0.3, 0.4) is 0 Å². The van der Waals surface area contributed by atoms with Gasteiger partial charge in [0.25, 0.3) is 0 Å². The van der Waals surface area contributed by atoms with E-state index >= 15 is 0 Å². The predicted octanol–water partition coefficient (Wildman–Crippen LogP) is 1.44. The Bertz CT molecular complexity index is 506. The maximum atomic E-state index is 11.7. The molecule has 1 unspecified atom stereocenters. The molecule has 1 rings (SSSR count). The van der Waals surface area contributed by atoms with Crippen molar-refractivity contribution in [2.45, 2.75) is 30.8 Å². The van der Waals surface area contributed by atoms with Gasteiger partial charge in [-0.3, -0.25) is 0 Å². The Hall–Kier alpha value is -0.760. The fourth-order valence-electron chi connectivity index (χ4n) is 1.60. The number of hydrogen-bond donors (Lipinski definition) is 3. The van der Waals surface area contributed by atoms with Crippen LogP contribution in [0.5, 0.6) is 0 Å². The second-order valence-corrected chi connectivity index (χ2v) is 7.56. The van der Waals surface area contributed by atoms with E-state index in [0.29, 0.717) is 17.9 Å². The monoisotopic (exact) mass is 318 g/mol. The third-order valence-electron chi connectivity index (χ3n) is 2.69. The molecule has 7 heteroatoms. The van der Waals surface area contributed by atoms with Gasteiger partial charge in [-0.25, -0.2) is 13.1 Å². The Labute approximate surface area is 125 Å². The largest absolute Gasteiger partial charge is 0.398 e. The highest BCUT2D eigenvalue weighted by atomic mass is 32.2. The predicted molar refractivity (Wildman–Crippen MR) is 84.3 cm³/mol. The molecule has 0 saturated heterocycles. The zero-order chi connectivity index (χ0) is 15.0. The van der Waals surface area contributed by atoms with Crippen LogP contribution in [0.1, 0.15) is 19.8 Å². The van der Waals surface area contributed by atoms with E-state index in [1.165, 1.54) is 11.8 Å². The third-order valence-corrected chi connectivity index (χ3v) is 5.39. The molecule has 1 atom stereocenters. The van der Waals surface area contributed by atoms with E-state index in [1.54, 1.807) is 6.07 Å². The number of thioether (sulfide) groups is 1. The lowest BCUT2D eigenvalue weighted by atomic mass is 10.2. The number of hydrogen-bond acceptors (Lipinski definition) is 5. The summed E-state index contributed by atoms with van der Waals surface area (Å²) in [4.78, 5) is 0.883. The third kappa shape index (κ3) is 6.60. The average Bonchev–Trinajstić information content (AvgIpc) is 2.39. The molecule has 5 nitrogen and oxygen atoms in total. The van der Waals surface area contributed by atoms with Crippen LogP contribution in [0.2, 0.25) is 0 Å². The number of aliphatic hydroxyl groups excluding tert-OH is 1. The van der Waals surface area contributed by atoms with Crippen LogP contribution in [0.25, 0.3) is 0 Å². The van der Waals surface area contributed by atoms with Gasteiger partial charge in [0, 0.05) is 22.9 Å². The zero-order valence-electron chi connectivity index (χ0n) is 11.6. The molecular weight excluding hydrogens is 296 g/mol. The van der Waals surface area contributed by atoms with Crippen molar-refractivity contribution in [3.63, 3.8) is 0 Å². The molecule has 1 aromatic carbocycles. The molecule has 0 radical (unpaired) electrons. The number of rotatable bonds is 9. The average molecular weight is 318 g/mol. The Balaban J connectivity index is 2.35. The van der Waals surface area contributed by atoms with Gasteiger partial charge >= 0.3 is 0 Å². The lowest BCUT2D eigenvalue weighted by molar-refractivity contribution is 0.167. The fourth-order valence-corrected chi connectivity index (χ4v) is 4.03. The smallest absolute Gasteiger partial charge is 0.212 e. The molecule has 114 valence electrons. The maximum Gasteiger partial charge on any atom is 0.212 e. The number of nitrogen functional groups attached to an aromatic ring is 1. The highest BCUT2D eigenvalue weighted by molar-refractivity contribution is 8.00. The highest BCUT2D eigenvalue weighted by Gasteiger charge is 2.13. The molecule has 0 bridgehead atoms. The molecule has 0 aromatic heterocycles. The van der Waals surface area contributed by atoms with Gasteiger partial charge in [-0.2, -0.15) is 0 Å². The Morgan fingerprint density at radius 3 is 2.75 bits per heavy atom. The van der Waals surface area contributed by atoms with Gasteiger partial charge in [-0.05, 0) is 18.6 Å². The zero-order valence-corrected chi connectivity index (χ0v) is 13.2. The number of sulfonamides is 1. The first kappa shape index (κ1) is 17.3. The molecule has 4 N–H and O–H groups in total. The van der Waals surface area contributed by atoms with Crippen molar-refractivity contribution < 1.29 is 13.5 Å². The number of aliphatic hydroxyl groups is 1. The summed E-state index contributed by atoms with van der Waals surface area (Å²) in [6.07, 6.45) is 0.802. The van der Waals surface area contributed by atoms with Crippen molar-refractivity contribution in [1.29, 1.82) is 0 Å². The first-order chi connectivity index (χ1) is 9.44. The quantitative estimate of drug-likeness (QED) is 0.473. The van der Waals surface area contributed by atoms with E-state index in [4.69, 9.17) is 5.73 Å². The molecule has 0 fully saturated rings. The van der Waals surface area contributed by atoms with Gasteiger partial charge in [0.1, 0.15) is 0 Å². The van der Waals surface area contributed by atoms with Gasteiger partial charge in [0.15, 0.2) is 0 Å². The summed E-state index contributed by atoms with van der Waals surface area (Å²) in [5.74, 6) is 0.429. The van der Waals surface area contributed by atoms with Gasteiger partial charge in [-0.15, -0.1) is 11.8 Å². The summed E-state index contributed by atoms with van der Waals surface area (Å²) >= 11 is 1.41. The van der Waals surface area contributed by atoms with Crippen molar-refractivity contribution in [3.8, 4) is 0 Å². The van der Waals surface area contributed by atoms with Crippen LogP contribution in [-0.2, 0) is 10.0 Å². The van der Waals surface area contributed by atoms with Crippen molar-refractivity contribution >= 4 is 27.5 Å². The minimum atomic E-state index is -3.35. The molecule has 1 aromatic rings. The summed E-state index contributed by atoms with van der Waals surface area (Å²) in [5.41, 5.74) is 6.44. The van der Waals surface area contributed by atoms with Crippen molar-refractivity contribution in [1.82, 2.24) is 4.72 Å². The molecular formula is C13H22N2O3S2. The van der Waals surface area contributed by atoms with E-state index in [0.717, 1.165) is 11.3 Å². The second kappa shape index (κ2) is 8.51. The Morgan fingerprint density at radius 1 is 1.40 bits per heavy atom. The van der Waals surface area contributed by atoms with E-state index in [1.807, 2.05) is 25.1 Å². The highest BCUT2D eigenvalue weighted by Crippen LogP contribution is 2.24. The van der Waals surface area contributed by atoms with Crippen LogP contribution < -0.4 is 10.5 Å². The Morgan fingerprint density at radius 2 is 2.10 bits per heavy atom. The molecule has 20 heavy (non-hydrogen) atoms. The number of para-hydroxylation sites is 1. The van der Waals surface area contributed by atoms with Crippen LogP contribution in [-0.4, -0.2) is 37.7 Å². The van der Waals surface area contributed by atoms with Crippen molar-refractivity contribution in [2.24, 2.45) is 0 Å². The van der Waals surface area contributed by atoms with Crippen LogP contribution in [0.4, 0.5) is 5.69 Å². The molecule has 0 saturated carbocycles. The first-order valence-corrected chi connectivity index (χ1v) is 9.21. The van der Waals surface area contributed by atoms with Gasteiger partial charge in [-0.1, -0.05) is 25.5 Å². The molecule has 0 aliphatic heterocycles. The van der Waals surface area contributed by atoms with Gasteiger partial charge in [0.2, 0.25) is 10.0 Å². The number of benzene rings is 1. The lowest BCUT2D eigenvalue weighted by Gasteiger charge is -2.11. The lowest BCUT2D eigenvalue weighted by Crippen LogP contribution is -2.34. The SMILES string of the molecule is CCCC(O)CNS(=O)(=O)CCSc1ccccc1N. The minimum Gasteiger partial charge on any atom is -0.398 e. The van der Waals surface area contributed by atoms with E-state index in [9.17, 15) is 13.5 Å². The van der Waals surface area contributed by atoms with Gasteiger partial charge < -0.3 is 10.8 Å². The number of anilines is 1. The fraction of sp³-hybridized carbons (Fsp3) is 0.538. The minimum absolute atomic E-state index is 0.00481. The molecule has 0 aliphatic rings. The summed E-state index contributed by atoms with van der Waals surface area (Å²) in [5, 5.41) is 9.50. The van der Waals surface area contributed by atoms with E-state index < -0.39 is 16.1 Å². The second-order valence-electron chi connectivity index (χ2n) is 4.50. The summed E-state index contributed by atoms with van der Waals surface area (Å²) < 4.78 is 25.9. The summed E-state index contributed by atoms with van der Waals surface area (Å²) in [6.45, 7) is 2.02. The number of nitrogens with one attached hydrogen (secondary N) is 1. The first-order valence-electron chi connectivity index (χ1n) is 6.57. The number of nitrogens with two attached hydrogens (primary N) is 1.